The maximum absolute atomic E-state index is 13.2. The monoisotopic (exact) mass is 361 g/mol. The molecule has 0 aromatic heterocycles. The number of benzene rings is 3. The van der Waals surface area contributed by atoms with Crippen molar-refractivity contribution in [1.29, 1.82) is 0 Å². The minimum atomic E-state index is -0.680. The first kappa shape index (κ1) is 18.6. The second kappa shape index (κ2) is 8.49. The Kier molecular flexibility index (Phi) is 5.87. The van der Waals surface area contributed by atoms with E-state index >= 15 is 0 Å². The summed E-state index contributed by atoms with van der Waals surface area (Å²) in [5, 5.41) is 6.59. The van der Waals surface area contributed by atoms with Crippen molar-refractivity contribution in [3.63, 3.8) is 0 Å². The Morgan fingerprint density at radius 3 is 2.22 bits per heavy atom. The van der Waals surface area contributed by atoms with Crippen LogP contribution in [-0.2, 0) is 9.53 Å². The average Bonchev–Trinajstić information content (AvgIpc) is 2.70. The number of carbonyl (C=O) groups excluding carboxylic acids is 2. The summed E-state index contributed by atoms with van der Waals surface area (Å²) < 4.78 is 4.88. The predicted molar refractivity (Wildman–Crippen MR) is 109 cm³/mol. The van der Waals surface area contributed by atoms with Crippen LogP contribution in [0.15, 0.2) is 67.3 Å². The van der Waals surface area contributed by atoms with Crippen molar-refractivity contribution in [3.8, 4) is 0 Å². The van der Waals surface area contributed by atoms with Crippen LogP contribution >= 0.6 is 0 Å². The van der Waals surface area contributed by atoms with E-state index in [1.807, 2.05) is 48.5 Å². The molecule has 4 nitrogen and oxygen atoms in total. The Bertz CT molecular complexity index is 939. The fraction of sp³-hybridized carbons (Fsp3) is 0.217. The van der Waals surface area contributed by atoms with E-state index in [-0.39, 0.29) is 5.91 Å². The molecule has 3 rings (SSSR count). The van der Waals surface area contributed by atoms with Crippen molar-refractivity contribution >= 4 is 33.4 Å². The third kappa shape index (κ3) is 4.00. The van der Waals surface area contributed by atoms with Gasteiger partial charge in [0, 0.05) is 0 Å². The number of methoxy groups -OCH3 is 1. The minimum absolute atomic E-state index is 0.267. The molecule has 0 radical (unpaired) electrons. The molecule has 3 aromatic rings. The summed E-state index contributed by atoms with van der Waals surface area (Å²) in [5.41, 5.74) is 0.585. The van der Waals surface area contributed by atoms with E-state index in [9.17, 15) is 9.59 Å². The van der Waals surface area contributed by atoms with Crippen molar-refractivity contribution in [1.82, 2.24) is 5.32 Å². The van der Waals surface area contributed by atoms with Gasteiger partial charge in [-0.15, -0.1) is 6.58 Å². The van der Waals surface area contributed by atoms with Crippen LogP contribution in [0.25, 0.3) is 21.5 Å². The quantitative estimate of drug-likeness (QED) is 0.289. The van der Waals surface area contributed by atoms with E-state index < -0.39 is 12.0 Å². The number of hydrogen-bond donors (Lipinski definition) is 1. The largest absolute Gasteiger partial charge is 0.467 e. The highest BCUT2D eigenvalue weighted by atomic mass is 16.5. The van der Waals surface area contributed by atoms with Crippen LogP contribution in [0.5, 0.6) is 0 Å². The number of rotatable bonds is 7. The molecular formula is C23H23NO3. The van der Waals surface area contributed by atoms with Crippen LogP contribution in [-0.4, -0.2) is 25.0 Å². The van der Waals surface area contributed by atoms with Crippen molar-refractivity contribution in [2.45, 2.75) is 25.3 Å². The van der Waals surface area contributed by atoms with Crippen molar-refractivity contribution in [3.05, 3.63) is 72.8 Å². The molecule has 1 N–H and O–H groups in total. The zero-order chi connectivity index (χ0) is 19.2. The lowest BCUT2D eigenvalue weighted by Crippen LogP contribution is -2.41. The Morgan fingerprint density at radius 1 is 1.07 bits per heavy atom. The van der Waals surface area contributed by atoms with E-state index in [4.69, 9.17) is 4.74 Å². The van der Waals surface area contributed by atoms with Gasteiger partial charge in [0.1, 0.15) is 6.04 Å². The fourth-order valence-corrected chi connectivity index (χ4v) is 3.35. The number of allylic oxidation sites excluding steroid dienone is 1. The van der Waals surface area contributed by atoms with E-state index in [0.29, 0.717) is 12.0 Å². The van der Waals surface area contributed by atoms with Gasteiger partial charge in [-0.3, -0.25) is 4.79 Å². The highest BCUT2D eigenvalue weighted by Gasteiger charge is 2.23. The molecule has 0 aliphatic carbocycles. The lowest BCUT2D eigenvalue weighted by Gasteiger charge is -2.18. The summed E-state index contributed by atoms with van der Waals surface area (Å²) in [6.45, 7) is 3.70. The zero-order valence-corrected chi connectivity index (χ0v) is 15.4. The third-order valence-corrected chi connectivity index (χ3v) is 4.69. The highest BCUT2D eigenvalue weighted by Crippen LogP contribution is 2.28. The first-order valence-corrected chi connectivity index (χ1v) is 9.05. The second-order valence-electron chi connectivity index (χ2n) is 6.46. The summed E-state index contributed by atoms with van der Waals surface area (Å²) in [7, 11) is 1.34. The topological polar surface area (TPSA) is 55.4 Å². The normalized spacial score (nSPS) is 11.9. The average molecular weight is 361 g/mol. The van der Waals surface area contributed by atoms with Gasteiger partial charge in [0.25, 0.3) is 5.91 Å². The number of unbranched alkanes of at least 4 members (excludes halogenated alkanes) is 1. The van der Waals surface area contributed by atoms with Gasteiger partial charge in [-0.05, 0) is 46.9 Å². The zero-order valence-electron chi connectivity index (χ0n) is 15.4. The summed E-state index contributed by atoms with van der Waals surface area (Å²) in [5.74, 6) is -0.700. The molecule has 1 amide bonds. The smallest absolute Gasteiger partial charge is 0.328 e. The summed E-state index contributed by atoms with van der Waals surface area (Å²) in [6.07, 6.45) is 3.84. The molecule has 0 unspecified atom stereocenters. The number of ether oxygens (including phenoxy) is 1. The number of fused-ring (bicyclic) bond motifs is 2. The summed E-state index contributed by atoms with van der Waals surface area (Å²) >= 11 is 0. The molecular weight excluding hydrogens is 338 g/mol. The van der Waals surface area contributed by atoms with E-state index in [1.165, 1.54) is 7.11 Å². The van der Waals surface area contributed by atoms with Crippen LogP contribution in [0.1, 0.15) is 29.6 Å². The molecule has 4 heteroatoms. The molecule has 1 atom stereocenters. The van der Waals surface area contributed by atoms with Crippen LogP contribution < -0.4 is 5.32 Å². The van der Waals surface area contributed by atoms with Gasteiger partial charge in [-0.2, -0.15) is 0 Å². The number of esters is 1. The Hall–Kier alpha value is -3.14. The van der Waals surface area contributed by atoms with E-state index in [2.05, 4.69) is 18.0 Å². The van der Waals surface area contributed by atoms with Gasteiger partial charge in [0.15, 0.2) is 0 Å². The maximum Gasteiger partial charge on any atom is 0.328 e. The fourth-order valence-electron chi connectivity index (χ4n) is 3.35. The molecule has 0 heterocycles. The molecule has 0 aliphatic heterocycles. The number of nitrogens with one attached hydrogen (secondary N) is 1. The van der Waals surface area contributed by atoms with E-state index in [0.717, 1.165) is 34.4 Å². The molecule has 0 spiro atoms. The molecule has 3 aromatic carbocycles. The number of hydrogen-bond acceptors (Lipinski definition) is 3. The SMILES string of the molecule is C=CCCC[C@H](NC(=O)c1c2ccccc2cc2ccccc12)C(=O)OC. The minimum Gasteiger partial charge on any atom is -0.467 e. The lowest BCUT2D eigenvalue weighted by atomic mass is 9.96. The van der Waals surface area contributed by atoms with Crippen molar-refractivity contribution in [2.24, 2.45) is 0 Å². The first-order valence-electron chi connectivity index (χ1n) is 9.05. The van der Waals surface area contributed by atoms with Gasteiger partial charge in [0.05, 0.1) is 12.7 Å². The molecule has 0 saturated heterocycles. The maximum atomic E-state index is 13.2. The predicted octanol–water partition coefficient (Wildman–Crippen LogP) is 4.62. The summed E-state index contributed by atoms with van der Waals surface area (Å²) in [6, 6.07) is 17.0. The molecule has 0 fully saturated rings. The summed E-state index contributed by atoms with van der Waals surface area (Å²) in [4.78, 5) is 25.3. The Labute approximate surface area is 158 Å². The van der Waals surface area contributed by atoms with Crippen molar-refractivity contribution in [2.75, 3.05) is 7.11 Å². The van der Waals surface area contributed by atoms with E-state index in [1.54, 1.807) is 6.08 Å². The first-order chi connectivity index (χ1) is 13.2. The molecule has 0 bridgehead atoms. The second-order valence-corrected chi connectivity index (χ2v) is 6.46. The van der Waals surface area contributed by atoms with Gasteiger partial charge in [-0.25, -0.2) is 4.79 Å². The molecule has 0 aliphatic rings. The van der Waals surface area contributed by atoms with Crippen LogP contribution in [0, 0.1) is 0 Å². The Morgan fingerprint density at radius 2 is 1.67 bits per heavy atom. The van der Waals surface area contributed by atoms with Crippen LogP contribution in [0.2, 0.25) is 0 Å². The molecule has 27 heavy (non-hydrogen) atoms. The number of carbonyl (C=O) groups is 2. The standard InChI is InChI=1S/C23H23NO3/c1-3-4-5-14-20(23(26)27-2)24-22(25)21-18-12-8-6-10-16(18)15-17-11-7-9-13-19(17)21/h3,6-13,15,20H,1,4-5,14H2,2H3,(H,24,25)/t20-/m0/s1. The van der Waals surface area contributed by atoms with Crippen LogP contribution in [0.4, 0.5) is 0 Å². The van der Waals surface area contributed by atoms with Gasteiger partial charge in [-0.1, -0.05) is 54.6 Å². The molecule has 138 valence electrons. The van der Waals surface area contributed by atoms with Gasteiger partial charge < -0.3 is 10.1 Å². The lowest BCUT2D eigenvalue weighted by molar-refractivity contribution is -0.143. The van der Waals surface area contributed by atoms with Gasteiger partial charge in [0.2, 0.25) is 0 Å². The van der Waals surface area contributed by atoms with Crippen molar-refractivity contribution < 1.29 is 14.3 Å². The Balaban J connectivity index is 2.02. The van der Waals surface area contributed by atoms with Crippen LogP contribution in [0.3, 0.4) is 0 Å². The molecule has 0 saturated carbocycles. The third-order valence-electron chi connectivity index (χ3n) is 4.69. The number of amides is 1. The van der Waals surface area contributed by atoms with Gasteiger partial charge >= 0.3 is 5.97 Å². The highest BCUT2D eigenvalue weighted by molar-refractivity contribution is 6.18.